The molecule has 14 heavy (non-hydrogen) atoms. The molecule has 1 rings (SSSR count). The smallest absolute Gasteiger partial charge is 0.338 e. The van der Waals surface area contributed by atoms with Gasteiger partial charge in [-0.25, -0.2) is 14.8 Å². The van der Waals surface area contributed by atoms with Crippen molar-refractivity contribution in [3.05, 3.63) is 18.0 Å². The van der Waals surface area contributed by atoms with Crippen LogP contribution < -0.4 is 0 Å². The number of aromatic nitrogens is 2. The highest BCUT2D eigenvalue weighted by molar-refractivity contribution is 7.99. The normalized spacial score (nSPS) is 12.4. The highest BCUT2D eigenvalue weighted by atomic mass is 32.2. The summed E-state index contributed by atoms with van der Waals surface area (Å²) in [6, 6.07) is 0. The number of carboxylic acid groups (broad SMARTS) is 1. The second kappa shape index (κ2) is 4.95. The third-order valence-corrected chi connectivity index (χ3v) is 2.91. The van der Waals surface area contributed by atoms with Gasteiger partial charge in [0, 0.05) is 17.6 Å². The molecule has 0 radical (unpaired) electrons. The van der Waals surface area contributed by atoms with Crippen LogP contribution in [-0.4, -0.2) is 26.3 Å². The summed E-state index contributed by atoms with van der Waals surface area (Å²) < 4.78 is 0. The third-order valence-electron chi connectivity index (χ3n) is 1.76. The monoisotopic (exact) mass is 212 g/mol. The zero-order chi connectivity index (χ0) is 10.6. The molecule has 0 aliphatic heterocycles. The Morgan fingerprint density at radius 3 is 2.57 bits per heavy atom. The first-order valence-electron chi connectivity index (χ1n) is 4.35. The molecular weight excluding hydrogens is 200 g/mol. The van der Waals surface area contributed by atoms with Crippen LogP contribution in [0.25, 0.3) is 0 Å². The summed E-state index contributed by atoms with van der Waals surface area (Å²) in [6.07, 6.45) is 3.70. The van der Waals surface area contributed by atoms with Crippen molar-refractivity contribution in [3.63, 3.8) is 0 Å². The molecule has 1 atom stereocenters. The van der Waals surface area contributed by atoms with Crippen molar-refractivity contribution in [2.24, 2.45) is 0 Å². The molecule has 0 aliphatic rings. The minimum atomic E-state index is -0.995. The van der Waals surface area contributed by atoms with Crippen molar-refractivity contribution in [1.82, 2.24) is 9.97 Å². The van der Waals surface area contributed by atoms with Gasteiger partial charge in [-0.3, -0.25) is 0 Å². The van der Waals surface area contributed by atoms with Crippen LogP contribution in [0.1, 0.15) is 30.6 Å². The highest BCUT2D eigenvalue weighted by Crippen LogP contribution is 2.20. The van der Waals surface area contributed by atoms with E-state index < -0.39 is 5.97 Å². The predicted molar refractivity (Wildman–Crippen MR) is 54.6 cm³/mol. The molecule has 1 N–H and O–H groups in total. The zero-order valence-electron chi connectivity index (χ0n) is 8.10. The fourth-order valence-electron chi connectivity index (χ4n) is 0.751. The van der Waals surface area contributed by atoms with E-state index in [-0.39, 0.29) is 5.56 Å². The first kappa shape index (κ1) is 11.0. The lowest BCUT2D eigenvalue weighted by Crippen LogP contribution is -2.01. The van der Waals surface area contributed by atoms with E-state index in [1.165, 1.54) is 12.4 Å². The molecule has 5 heteroatoms. The predicted octanol–water partition coefficient (Wildman–Crippen LogP) is 2.07. The largest absolute Gasteiger partial charge is 0.478 e. The second-order valence-electron chi connectivity index (χ2n) is 2.90. The second-order valence-corrected chi connectivity index (χ2v) is 4.30. The van der Waals surface area contributed by atoms with E-state index in [1.54, 1.807) is 11.8 Å². The van der Waals surface area contributed by atoms with Crippen molar-refractivity contribution in [2.45, 2.75) is 30.7 Å². The number of carbonyl (C=O) groups is 1. The summed E-state index contributed by atoms with van der Waals surface area (Å²) in [4.78, 5) is 18.4. The number of nitrogens with zero attached hydrogens (tertiary/aromatic N) is 2. The lowest BCUT2D eigenvalue weighted by Gasteiger charge is -2.05. The SMILES string of the molecule is CCC(C)Sc1ncc(C(=O)O)cn1. The van der Waals surface area contributed by atoms with Gasteiger partial charge in [0.15, 0.2) is 5.16 Å². The molecule has 0 amide bonds. The first-order valence-corrected chi connectivity index (χ1v) is 5.23. The summed E-state index contributed by atoms with van der Waals surface area (Å²) >= 11 is 1.55. The average Bonchev–Trinajstić information content (AvgIpc) is 2.18. The van der Waals surface area contributed by atoms with Gasteiger partial charge < -0.3 is 5.11 Å². The maximum Gasteiger partial charge on any atom is 0.338 e. The maximum absolute atomic E-state index is 10.5. The van der Waals surface area contributed by atoms with Crippen LogP contribution in [0.2, 0.25) is 0 Å². The summed E-state index contributed by atoms with van der Waals surface area (Å²) in [6.45, 7) is 4.17. The lowest BCUT2D eigenvalue weighted by molar-refractivity contribution is 0.0695. The molecule has 0 aromatic carbocycles. The van der Waals surface area contributed by atoms with E-state index in [9.17, 15) is 4.79 Å². The fourth-order valence-corrected chi connectivity index (χ4v) is 1.50. The van der Waals surface area contributed by atoms with Crippen LogP contribution in [0.15, 0.2) is 17.6 Å². The van der Waals surface area contributed by atoms with E-state index in [4.69, 9.17) is 5.11 Å². The number of rotatable bonds is 4. The van der Waals surface area contributed by atoms with Gasteiger partial charge in [0.2, 0.25) is 0 Å². The Morgan fingerprint density at radius 1 is 1.57 bits per heavy atom. The van der Waals surface area contributed by atoms with Crippen LogP contribution >= 0.6 is 11.8 Å². The van der Waals surface area contributed by atoms with Crippen LogP contribution in [0.3, 0.4) is 0 Å². The molecule has 0 aliphatic carbocycles. The van der Waals surface area contributed by atoms with E-state index >= 15 is 0 Å². The number of aromatic carboxylic acids is 1. The number of thioether (sulfide) groups is 1. The molecule has 1 aromatic heterocycles. The lowest BCUT2D eigenvalue weighted by atomic mass is 10.4. The summed E-state index contributed by atoms with van der Waals surface area (Å²) in [5.41, 5.74) is 0.124. The van der Waals surface area contributed by atoms with Crippen LogP contribution in [0.5, 0.6) is 0 Å². The minimum Gasteiger partial charge on any atom is -0.478 e. The molecule has 0 saturated heterocycles. The molecule has 1 unspecified atom stereocenters. The van der Waals surface area contributed by atoms with Gasteiger partial charge in [-0.1, -0.05) is 25.6 Å². The van der Waals surface area contributed by atoms with Gasteiger partial charge in [-0.2, -0.15) is 0 Å². The van der Waals surface area contributed by atoms with Crippen molar-refractivity contribution < 1.29 is 9.90 Å². The molecule has 0 spiro atoms. The third kappa shape index (κ3) is 2.99. The van der Waals surface area contributed by atoms with Crippen molar-refractivity contribution >= 4 is 17.7 Å². The van der Waals surface area contributed by atoms with Crippen molar-refractivity contribution in [2.75, 3.05) is 0 Å². The molecule has 76 valence electrons. The standard InChI is InChI=1S/C9H12N2O2S/c1-3-6(2)14-9-10-4-7(5-11-9)8(12)13/h4-6H,3H2,1-2H3,(H,12,13). The molecule has 4 nitrogen and oxygen atoms in total. The Bertz CT molecular complexity index is 313. The first-order chi connectivity index (χ1) is 6.63. The fraction of sp³-hybridized carbons (Fsp3) is 0.444. The summed E-state index contributed by atoms with van der Waals surface area (Å²) in [7, 11) is 0. The van der Waals surface area contributed by atoms with Crippen LogP contribution in [0, 0.1) is 0 Å². The van der Waals surface area contributed by atoms with E-state index in [1.807, 2.05) is 0 Å². The molecule has 0 bridgehead atoms. The van der Waals surface area contributed by atoms with Crippen LogP contribution in [-0.2, 0) is 0 Å². The quantitative estimate of drug-likeness (QED) is 0.611. The van der Waals surface area contributed by atoms with Gasteiger partial charge in [0.05, 0.1) is 5.56 Å². The van der Waals surface area contributed by atoms with Gasteiger partial charge in [0.25, 0.3) is 0 Å². The Balaban J connectivity index is 2.68. The number of carboxylic acids is 1. The molecule has 0 fully saturated rings. The summed E-state index contributed by atoms with van der Waals surface area (Å²) in [5, 5.41) is 9.70. The van der Waals surface area contributed by atoms with Gasteiger partial charge in [-0.15, -0.1) is 0 Å². The Kier molecular flexibility index (Phi) is 3.88. The molecular formula is C9H12N2O2S. The van der Waals surface area contributed by atoms with E-state index in [0.29, 0.717) is 10.4 Å². The van der Waals surface area contributed by atoms with Gasteiger partial charge in [0.1, 0.15) is 0 Å². The highest BCUT2D eigenvalue weighted by Gasteiger charge is 2.07. The Morgan fingerprint density at radius 2 is 2.14 bits per heavy atom. The minimum absolute atomic E-state index is 0.124. The van der Waals surface area contributed by atoms with Crippen molar-refractivity contribution in [1.29, 1.82) is 0 Å². The number of hydrogen-bond donors (Lipinski definition) is 1. The molecule has 1 aromatic rings. The van der Waals surface area contributed by atoms with Crippen molar-refractivity contribution in [3.8, 4) is 0 Å². The van der Waals surface area contributed by atoms with Gasteiger partial charge in [-0.05, 0) is 6.42 Å². The Labute approximate surface area is 86.8 Å². The zero-order valence-corrected chi connectivity index (χ0v) is 8.91. The topological polar surface area (TPSA) is 63.1 Å². The number of hydrogen-bond acceptors (Lipinski definition) is 4. The van der Waals surface area contributed by atoms with Crippen LogP contribution in [0.4, 0.5) is 0 Å². The maximum atomic E-state index is 10.5. The van der Waals surface area contributed by atoms with Gasteiger partial charge >= 0.3 is 5.97 Å². The average molecular weight is 212 g/mol. The summed E-state index contributed by atoms with van der Waals surface area (Å²) in [5.74, 6) is -0.995. The Hall–Kier alpha value is -1.10. The molecule has 0 saturated carbocycles. The van der Waals surface area contributed by atoms with E-state index in [0.717, 1.165) is 6.42 Å². The molecule has 1 heterocycles. The van der Waals surface area contributed by atoms with E-state index in [2.05, 4.69) is 23.8 Å².